The fraction of sp³-hybridized carbons (Fsp3) is 0.211. The van der Waals surface area contributed by atoms with Gasteiger partial charge in [0.2, 0.25) is 5.91 Å². The van der Waals surface area contributed by atoms with Crippen LogP contribution in [0.2, 0.25) is 0 Å². The first kappa shape index (κ1) is 16.9. The number of ether oxygens (including phenoxy) is 2. The molecule has 0 saturated heterocycles. The molecule has 2 aromatic carbocycles. The summed E-state index contributed by atoms with van der Waals surface area (Å²) in [6.45, 7) is 0.243. The van der Waals surface area contributed by atoms with Crippen molar-refractivity contribution >= 4 is 16.7 Å². The van der Waals surface area contributed by atoms with Crippen LogP contribution in [0.25, 0.3) is 10.8 Å². The van der Waals surface area contributed by atoms with Crippen molar-refractivity contribution in [2.24, 2.45) is 0 Å². The lowest BCUT2D eigenvalue weighted by Gasteiger charge is -2.26. The molecule has 3 aromatic rings. The summed E-state index contributed by atoms with van der Waals surface area (Å²) < 4.78 is 12.4. The van der Waals surface area contributed by atoms with Gasteiger partial charge in [0.05, 0.1) is 17.3 Å². The zero-order chi connectivity index (χ0) is 18.8. The summed E-state index contributed by atoms with van der Waals surface area (Å²) >= 11 is 0. The molecule has 1 aliphatic rings. The van der Waals surface area contributed by atoms with E-state index in [1.165, 1.54) is 0 Å². The smallest absolute Gasteiger partial charge is 0.273 e. The SMILES string of the molecule is O=C(Cn1[nH]c(=O)c2ccccc2c1=O)NC[C@H]1COc2ccccc2O1. The number of hydrogen-bond donors (Lipinski definition) is 2. The molecule has 0 unspecified atom stereocenters. The van der Waals surface area contributed by atoms with Gasteiger partial charge in [0.25, 0.3) is 11.1 Å². The van der Waals surface area contributed by atoms with Gasteiger partial charge in [-0.15, -0.1) is 0 Å². The number of amides is 1. The van der Waals surface area contributed by atoms with E-state index in [9.17, 15) is 14.4 Å². The van der Waals surface area contributed by atoms with Crippen LogP contribution in [0.3, 0.4) is 0 Å². The van der Waals surface area contributed by atoms with Crippen LogP contribution in [0.15, 0.2) is 58.1 Å². The summed E-state index contributed by atoms with van der Waals surface area (Å²) in [5, 5.41) is 5.70. The average Bonchev–Trinajstić information content (AvgIpc) is 2.70. The highest BCUT2D eigenvalue weighted by molar-refractivity contribution is 5.81. The van der Waals surface area contributed by atoms with Crippen molar-refractivity contribution in [1.29, 1.82) is 0 Å². The Balaban J connectivity index is 1.42. The molecule has 1 amide bonds. The van der Waals surface area contributed by atoms with Crippen LogP contribution in [0.1, 0.15) is 0 Å². The van der Waals surface area contributed by atoms with Crippen molar-refractivity contribution in [3.63, 3.8) is 0 Å². The molecular formula is C19H17N3O5. The van der Waals surface area contributed by atoms with Crippen LogP contribution >= 0.6 is 0 Å². The molecule has 0 radical (unpaired) electrons. The number of nitrogens with one attached hydrogen (secondary N) is 2. The van der Waals surface area contributed by atoms with Crippen LogP contribution in [0.5, 0.6) is 11.5 Å². The summed E-state index contributed by atoms with van der Waals surface area (Å²) in [7, 11) is 0. The lowest BCUT2D eigenvalue weighted by molar-refractivity contribution is -0.122. The number of rotatable bonds is 4. The van der Waals surface area contributed by atoms with Gasteiger partial charge in [0, 0.05) is 0 Å². The highest BCUT2D eigenvalue weighted by Crippen LogP contribution is 2.30. The van der Waals surface area contributed by atoms with Gasteiger partial charge in [-0.1, -0.05) is 24.3 Å². The minimum atomic E-state index is -0.425. The van der Waals surface area contributed by atoms with Crippen LogP contribution in [0, 0.1) is 0 Å². The number of fused-ring (bicyclic) bond motifs is 2. The number of H-pyrrole nitrogens is 1. The fourth-order valence-corrected chi connectivity index (χ4v) is 2.95. The van der Waals surface area contributed by atoms with Gasteiger partial charge in [-0.05, 0) is 24.3 Å². The first-order valence-electron chi connectivity index (χ1n) is 8.49. The second kappa shape index (κ2) is 6.99. The molecule has 2 heterocycles. The van der Waals surface area contributed by atoms with Crippen molar-refractivity contribution in [2.45, 2.75) is 12.6 Å². The quantitative estimate of drug-likeness (QED) is 0.705. The maximum absolute atomic E-state index is 12.4. The van der Waals surface area contributed by atoms with E-state index < -0.39 is 17.0 Å². The zero-order valence-electron chi connectivity index (χ0n) is 14.3. The van der Waals surface area contributed by atoms with E-state index in [0.29, 0.717) is 23.5 Å². The minimum absolute atomic E-state index is 0.222. The second-order valence-corrected chi connectivity index (χ2v) is 6.18. The van der Waals surface area contributed by atoms with Crippen LogP contribution in [-0.4, -0.2) is 34.9 Å². The molecule has 138 valence electrons. The van der Waals surface area contributed by atoms with Crippen molar-refractivity contribution in [1.82, 2.24) is 15.1 Å². The molecule has 1 aliphatic heterocycles. The molecule has 1 aromatic heterocycles. The summed E-state index contributed by atoms with van der Waals surface area (Å²) in [5.41, 5.74) is -0.842. The topological polar surface area (TPSA) is 102 Å². The van der Waals surface area contributed by atoms with Gasteiger partial charge < -0.3 is 14.8 Å². The predicted molar refractivity (Wildman–Crippen MR) is 98.2 cm³/mol. The van der Waals surface area contributed by atoms with Crippen molar-refractivity contribution in [3.05, 3.63) is 69.2 Å². The molecule has 0 fully saturated rings. The minimum Gasteiger partial charge on any atom is -0.486 e. The molecule has 0 saturated carbocycles. The Morgan fingerprint density at radius 1 is 1.07 bits per heavy atom. The standard InChI is InChI=1S/C19H17N3O5/c23-17(20-9-12-11-26-15-7-3-4-8-16(15)27-12)10-22-19(25)14-6-2-1-5-13(14)18(24)21-22/h1-8,12H,9-11H2,(H,20,23)(H,21,24)/t12-/m0/s1. The number of carbonyl (C=O) groups excluding carboxylic acids is 1. The third kappa shape index (κ3) is 3.41. The molecule has 27 heavy (non-hydrogen) atoms. The Bertz CT molecular complexity index is 1120. The second-order valence-electron chi connectivity index (χ2n) is 6.18. The van der Waals surface area contributed by atoms with Crippen LogP contribution in [-0.2, 0) is 11.3 Å². The average molecular weight is 367 g/mol. The van der Waals surface area contributed by atoms with E-state index in [0.717, 1.165) is 4.68 Å². The maximum atomic E-state index is 12.4. The van der Waals surface area contributed by atoms with Crippen LogP contribution < -0.4 is 25.9 Å². The number of nitrogens with zero attached hydrogens (tertiary/aromatic N) is 1. The summed E-state index contributed by atoms with van der Waals surface area (Å²) in [6, 6.07) is 13.8. The Morgan fingerprint density at radius 3 is 2.59 bits per heavy atom. The number of para-hydroxylation sites is 2. The third-order valence-corrected chi connectivity index (χ3v) is 4.28. The van der Waals surface area contributed by atoms with Gasteiger partial charge in [-0.25, -0.2) is 4.68 Å². The molecular weight excluding hydrogens is 350 g/mol. The van der Waals surface area contributed by atoms with E-state index >= 15 is 0 Å². The van der Waals surface area contributed by atoms with Gasteiger partial charge in [-0.3, -0.25) is 19.5 Å². The Kier molecular flexibility index (Phi) is 4.37. The van der Waals surface area contributed by atoms with Crippen LogP contribution in [0.4, 0.5) is 0 Å². The Morgan fingerprint density at radius 2 is 1.78 bits per heavy atom. The van der Waals surface area contributed by atoms with Crippen molar-refractivity contribution in [3.8, 4) is 11.5 Å². The Hall–Kier alpha value is -3.55. The molecule has 0 spiro atoms. The number of benzene rings is 2. The summed E-state index contributed by atoms with van der Waals surface area (Å²) in [5.74, 6) is 0.879. The van der Waals surface area contributed by atoms with Gasteiger partial charge in [0.15, 0.2) is 11.5 Å². The third-order valence-electron chi connectivity index (χ3n) is 4.28. The first-order chi connectivity index (χ1) is 13.1. The van der Waals surface area contributed by atoms with Crippen molar-refractivity contribution in [2.75, 3.05) is 13.2 Å². The largest absolute Gasteiger partial charge is 0.486 e. The summed E-state index contributed by atoms with van der Waals surface area (Å²) in [4.78, 5) is 36.7. The maximum Gasteiger partial charge on any atom is 0.273 e. The number of carbonyl (C=O) groups is 1. The summed E-state index contributed by atoms with van der Waals surface area (Å²) in [6.07, 6.45) is -0.337. The van der Waals surface area contributed by atoms with E-state index in [1.54, 1.807) is 30.3 Å². The lowest BCUT2D eigenvalue weighted by atomic mass is 10.2. The molecule has 4 rings (SSSR count). The van der Waals surface area contributed by atoms with E-state index in [1.807, 2.05) is 18.2 Å². The monoisotopic (exact) mass is 367 g/mol. The Labute approximate surface area is 153 Å². The normalized spacial score (nSPS) is 15.5. The first-order valence-corrected chi connectivity index (χ1v) is 8.49. The van der Waals surface area contributed by atoms with Crippen molar-refractivity contribution < 1.29 is 14.3 Å². The molecule has 1 atom stereocenters. The molecule has 0 bridgehead atoms. The zero-order valence-corrected chi connectivity index (χ0v) is 14.3. The molecule has 2 N–H and O–H groups in total. The highest BCUT2D eigenvalue weighted by Gasteiger charge is 2.21. The predicted octanol–water partition coefficient (Wildman–Crippen LogP) is 0.646. The van der Waals surface area contributed by atoms with Gasteiger partial charge in [0.1, 0.15) is 19.3 Å². The van der Waals surface area contributed by atoms with Gasteiger partial charge in [-0.2, -0.15) is 0 Å². The molecule has 0 aliphatic carbocycles. The fourth-order valence-electron chi connectivity index (χ4n) is 2.95. The number of aromatic nitrogens is 2. The molecule has 8 heteroatoms. The highest BCUT2D eigenvalue weighted by atomic mass is 16.6. The van der Waals surface area contributed by atoms with E-state index in [2.05, 4.69) is 10.4 Å². The van der Waals surface area contributed by atoms with E-state index in [-0.39, 0.29) is 24.6 Å². The van der Waals surface area contributed by atoms with E-state index in [4.69, 9.17) is 9.47 Å². The number of aromatic amines is 1. The lowest BCUT2D eigenvalue weighted by Crippen LogP contribution is -2.43. The van der Waals surface area contributed by atoms with Gasteiger partial charge >= 0.3 is 0 Å². The molecule has 8 nitrogen and oxygen atoms in total. The number of hydrogen-bond acceptors (Lipinski definition) is 5.